The van der Waals surface area contributed by atoms with E-state index in [1.165, 1.54) is 24.3 Å². The topological polar surface area (TPSA) is 231 Å². The molecule has 20 heteroatoms. The standard InChI is InChI=1S/C19H13Cl2N9O6S.2Na/c20-9-3-1-2-4-11(9)30-15(31)13(14(29-30)16(32)33)28-27-10-7-8(5-6-12(10)37(34,35)36)23-19-25-17(21)24-18(22)26-19;;/h1-7,13H,(H,32,33)(H,34,35,36)(H3,22,23,24,25,26);;/q;2*+1/p-2. The second-order valence-corrected chi connectivity index (χ2v) is 9.13. The van der Waals surface area contributed by atoms with E-state index in [0.29, 0.717) is 5.01 Å². The van der Waals surface area contributed by atoms with Crippen LogP contribution in [0.4, 0.5) is 29.0 Å². The molecule has 0 saturated heterocycles. The van der Waals surface area contributed by atoms with E-state index in [0.717, 1.165) is 12.1 Å². The first-order chi connectivity index (χ1) is 17.4. The van der Waals surface area contributed by atoms with Crippen LogP contribution in [0.1, 0.15) is 0 Å². The molecule has 0 saturated carbocycles. The zero-order chi connectivity index (χ0) is 26.9. The summed E-state index contributed by atoms with van der Waals surface area (Å²) in [5.41, 5.74) is 4.33. The molecule has 0 bridgehead atoms. The Morgan fingerprint density at radius 3 is 2.41 bits per heavy atom. The number of hydrogen-bond acceptors (Lipinski definition) is 14. The predicted molar refractivity (Wildman–Crippen MR) is 127 cm³/mol. The number of hydrogen-bond donors (Lipinski definition) is 2. The molecule has 1 unspecified atom stereocenters. The van der Waals surface area contributed by atoms with Crippen LogP contribution in [0.2, 0.25) is 10.3 Å². The van der Waals surface area contributed by atoms with Gasteiger partial charge in [0.25, 0.3) is 5.91 Å². The van der Waals surface area contributed by atoms with Crippen molar-refractivity contribution in [3.8, 4) is 0 Å². The molecule has 4 rings (SSSR count). The maximum absolute atomic E-state index is 12.9. The van der Waals surface area contributed by atoms with Crippen molar-refractivity contribution in [2.24, 2.45) is 15.3 Å². The first-order valence-electron chi connectivity index (χ1n) is 9.77. The Hall–Kier alpha value is -2.25. The molecule has 2 heterocycles. The van der Waals surface area contributed by atoms with Crippen molar-refractivity contribution in [1.29, 1.82) is 0 Å². The van der Waals surface area contributed by atoms with Gasteiger partial charge in [-0.2, -0.15) is 35.3 Å². The third kappa shape index (κ3) is 7.69. The molecule has 1 aliphatic rings. The van der Waals surface area contributed by atoms with Gasteiger partial charge in [-0.25, -0.2) is 8.42 Å². The van der Waals surface area contributed by atoms with Crippen molar-refractivity contribution in [1.82, 2.24) is 15.0 Å². The van der Waals surface area contributed by atoms with Crippen molar-refractivity contribution in [3.05, 3.63) is 52.8 Å². The van der Waals surface area contributed by atoms with Gasteiger partial charge in [0, 0.05) is 5.69 Å². The first-order valence-corrected chi connectivity index (χ1v) is 11.9. The molecule has 0 spiro atoms. The number of aliphatic carboxylic acids is 1. The summed E-state index contributed by atoms with van der Waals surface area (Å²) in [6.45, 7) is 0. The molecular formula is C19H11Cl2N9Na2O6S. The minimum Gasteiger partial charge on any atom is -0.744 e. The van der Waals surface area contributed by atoms with Crippen molar-refractivity contribution in [3.63, 3.8) is 0 Å². The van der Waals surface area contributed by atoms with Crippen LogP contribution >= 0.6 is 23.2 Å². The summed E-state index contributed by atoms with van der Waals surface area (Å²) in [5, 5.41) is 25.9. The van der Waals surface area contributed by atoms with Gasteiger partial charge < -0.3 is 25.5 Å². The van der Waals surface area contributed by atoms with Gasteiger partial charge in [0.05, 0.1) is 21.6 Å². The van der Waals surface area contributed by atoms with Crippen molar-refractivity contribution in [2.45, 2.75) is 10.9 Å². The molecule has 2 aromatic carbocycles. The van der Waals surface area contributed by atoms with Gasteiger partial charge in [-0.3, -0.25) is 4.79 Å². The van der Waals surface area contributed by atoms with Crippen LogP contribution in [0.15, 0.2) is 62.7 Å². The van der Waals surface area contributed by atoms with Gasteiger partial charge in [0.1, 0.15) is 21.5 Å². The molecular weight excluding hydrogens is 599 g/mol. The van der Waals surface area contributed by atoms with Crippen LogP contribution < -0.4 is 80.3 Å². The number of azo groups is 1. The molecule has 0 radical (unpaired) electrons. The zero-order valence-electron chi connectivity index (χ0n) is 19.9. The summed E-state index contributed by atoms with van der Waals surface area (Å²) >= 11 is 11.8. The smallest absolute Gasteiger partial charge is 0.744 e. The van der Waals surface area contributed by atoms with Crippen LogP contribution in [0.3, 0.4) is 0 Å². The number of carbonyl (C=O) groups is 2. The van der Waals surface area contributed by atoms with E-state index in [4.69, 9.17) is 28.9 Å². The van der Waals surface area contributed by atoms with Crippen molar-refractivity contribution >= 4 is 79.9 Å². The SMILES string of the molecule is Nc1nc(Cl)nc(Nc2ccc(S(=O)(=O)[O-])c(N=NC3C(=O)N(c4ccccc4Cl)N=C3C(=O)[O-])c2)n1.[Na+].[Na+]. The summed E-state index contributed by atoms with van der Waals surface area (Å²) in [7, 11) is -5.07. The fourth-order valence-corrected chi connectivity index (χ4v) is 4.03. The van der Waals surface area contributed by atoms with Gasteiger partial charge in [-0.15, -0.1) is 0 Å². The Balaban J connectivity index is 0.00000267. The molecule has 3 N–H and O–H groups in total. The number of carboxylic acid groups (broad SMARTS) is 1. The minimum absolute atomic E-state index is 0. The molecule has 3 aromatic rings. The number of aromatic nitrogens is 3. The molecule has 1 amide bonds. The van der Waals surface area contributed by atoms with Crippen LogP contribution in [0.25, 0.3) is 0 Å². The normalized spacial score (nSPS) is 14.9. The maximum atomic E-state index is 12.9. The van der Waals surface area contributed by atoms with Gasteiger partial charge in [-0.1, -0.05) is 23.7 Å². The summed E-state index contributed by atoms with van der Waals surface area (Å²) < 4.78 is 35.3. The number of amides is 1. The number of para-hydroxylation sites is 1. The Labute approximate surface area is 274 Å². The third-order valence-corrected chi connectivity index (χ3v) is 5.96. The molecule has 1 aliphatic heterocycles. The Morgan fingerprint density at radius 2 is 1.79 bits per heavy atom. The monoisotopic (exact) mass is 609 g/mol. The van der Waals surface area contributed by atoms with Crippen LogP contribution in [0.5, 0.6) is 0 Å². The molecule has 39 heavy (non-hydrogen) atoms. The van der Waals surface area contributed by atoms with E-state index in [9.17, 15) is 27.7 Å². The second-order valence-electron chi connectivity index (χ2n) is 7.04. The Kier molecular flexibility index (Phi) is 11.3. The number of rotatable bonds is 7. The average Bonchev–Trinajstić information content (AvgIpc) is 3.13. The van der Waals surface area contributed by atoms with Crippen molar-refractivity contribution in [2.75, 3.05) is 16.1 Å². The number of nitrogens with zero attached hydrogens (tertiary/aromatic N) is 7. The number of nitrogens with one attached hydrogen (secondary N) is 1. The van der Waals surface area contributed by atoms with Crippen LogP contribution in [0, 0.1) is 0 Å². The van der Waals surface area contributed by atoms with Gasteiger partial charge in [-0.05, 0) is 41.9 Å². The molecule has 190 valence electrons. The average molecular weight is 610 g/mol. The number of benzene rings is 2. The van der Waals surface area contributed by atoms with E-state index in [1.807, 2.05) is 0 Å². The maximum Gasteiger partial charge on any atom is 1.00 e. The fraction of sp³-hybridized carbons (Fsp3) is 0.0526. The summed E-state index contributed by atoms with van der Waals surface area (Å²) in [6, 6.07) is 7.30. The predicted octanol–water partition coefficient (Wildman–Crippen LogP) is -4.98. The van der Waals surface area contributed by atoms with Crippen LogP contribution in [-0.2, 0) is 19.7 Å². The minimum atomic E-state index is -5.07. The van der Waals surface area contributed by atoms with Crippen molar-refractivity contribution < 1.29 is 86.8 Å². The zero-order valence-corrected chi connectivity index (χ0v) is 26.3. The number of nitrogens with two attached hydrogens (primary N) is 1. The van der Waals surface area contributed by atoms with E-state index < -0.39 is 44.3 Å². The summed E-state index contributed by atoms with van der Waals surface area (Å²) in [5.74, 6) is -3.13. The fourth-order valence-electron chi connectivity index (χ4n) is 3.05. The number of nitrogen functional groups attached to an aromatic ring is 1. The summed E-state index contributed by atoms with van der Waals surface area (Å²) in [4.78, 5) is 34.9. The molecule has 15 nitrogen and oxygen atoms in total. The van der Waals surface area contributed by atoms with E-state index in [2.05, 4.69) is 35.6 Å². The van der Waals surface area contributed by atoms with E-state index in [-0.39, 0.29) is 92.7 Å². The molecule has 1 aromatic heterocycles. The number of carbonyl (C=O) groups excluding carboxylic acids is 2. The van der Waals surface area contributed by atoms with Gasteiger partial charge in [0.2, 0.25) is 17.2 Å². The number of hydrazone groups is 1. The van der Waals surface area contributed by atoms with E-state index in [1.54, 1.807) is 6.07 Å². The van der Waals surface area contributed by atoms with E-state index >= 15 is 0 Å². The number of anilines is 4. The largest absolute Gasteiger partial charge is 1.00 e. The Bertz CT molecular complexity index is 1590. The molecule has 0 aliphatic carbocycles. The van der Waals surface area contributed by atoms with Crippen LogP contribution in [-0.4, -0.2) is 51.6 Å². The number of halogens is 2. The molecule has 1 atom stereocenters. The third-order valence-electron chi connectivity index (χ3n) is 4.59. The summed E-state index contributed by atoms with van der Waals surface area (Å²) in [6.07, 6.45) is 0. The second kappa shape index (κ2) is 13.4. The Morgan fingerprint density at radius 1 is 1.10 bits per heavy atom. The number of carboxylic acids is 1. The van der Waals surface area contributed by atoms with Gasteiger partial charge >= 0.3 is 59.1 Å². The first kappa shape index (κ1) is 33.0. The quantitative estimate of drug-likeness (QED) is 0.146. The van der Waals surface area contributed by atoms with Gasteiger partial charge in [0.15, 0.2) is 6.04 Å². The molecule has 0 fully saturated rings.